The Kier molecular flexibility index (Phi) is 5.32. The van der Waals surface area contributed by atoms with E-state index in [1.165, 1.54) is 12.1 Å². The molecule has 10 nitrogen and oxygen atoms in total. The van der Waals surface area contributed by atoms with E-state index in [1.54, 1.807) is 18.2 Å². The molecule has 0 aliphatic rings. The normalized spacial score (nSPS) is 10.6. The van der Waals surface area contributed by atoms with Crippen molar-refractivity contribution in [3.8, 4) is 5.69 Å². The van der Waals surface area contributed by atoms with Gasteiger partial charge in [0.05, 0.1) is 18.5 Å². The number of benzene rings is 1. The molecule has 0 atom stereocenters. The van der Waals surface area contributed by atoms with Crippen LogP contribution >= 0.6 is 0 Å². The van der Waals surface area contributed by atoms with E-state index in [0.717, 1.165) is 0 Å². The smallest absolute Gasteiger partial charge is 0.340 e. The van der Waals surface area contributed by atoms with Gasteiger partial charge in [0.1, 0.15) is 0 Å². The number of aromatic nitrogens is 3. The second kappa shape index (κ2) is 7.43. The van der Waals surface area contributed by atoms with Crippen LogP contribution in [0.15, 0.2) is 44.7 Å². The standard InChI is InChI=1S/C15H15N3O7/c19-11(20)6-8-16-13(23)17(9-7-12(21)22)15(25)18(14(16)24)10-4-2-1-3-5-10/h1-5H,6-9H2,(H,19,20)(H,21,22). The van der Waals surface area contributed by atoms with Crippen molar-refractivity contribution < 1.29 is 19.8 Å². The molecule has 1 heterocycles. The minimum absolute atomic E-state index is 0.186. The number of carboxylic acids is 2. The first-order valence-corrected chi connectivity index (χ1v) is 7.28. The van der Waals surface area contributed by atoms with Crippen molar-refractivity contribution in [3.05, 3.63) is 61.8 Å². The molecule has 0 aliphatic heterocycles. The predicted molar refractivity (Wildman–Crippen MR) is 85.1 cm³/mol. The highest BCUT2D eigenvalue weighted by atomic mass is 16.4. The highest BCUT2D eigenvalue weighted by Crippen LogP contribution is 2.00. The third-order valence-electron chi connectivity index (χ3n) is 3.42. The minimum Gasteiger partial charge on any atom is -0.481 e. The molecule has 0 fully saturated rings. The van der Waals surface area contributed by atoms with Crippen LogP contribution in [0.1, 0.15) is 12.8 Å². The largest absolute Gasteiger partial charge is 0.481 e. The van der Waals surface area contributed by atoms with E-state index < -0.39 is 54.9 Å². The summed E-state index contributed by atoms with van der Waals surface area (Å²) in [6, 6.07) is 7.76. The molecule has 0 bridgehead atoms. The fourth-order valence-electron chi connectivity index (χ4n) is 2.23. The van der Waals surface area contributed by atoms with Crippen molar-refractivity contribution in [1.29, 1.82) is 0 Å². The third-order valence-corrected chi connectivity index (χ3v) is 3.42. The minimum atomic E-state index is -1.22. The van der Waals surface area contributed by atoms with Crippen LogP contribution in [0.3, 0.4) is 0 Å². The van der Waals surface area contributed by atoms with Crippen molar-refractivity contribution in [3.63, 3.8) is 0 Å². The quantitative estimate of drug-likeness (QED) is 0.660. The monoisotopic (exact) mass is 349 g/mol. The molecule has 1 aromatic heterocycles. The zero-order valence-corrected chi connectivity index (χ0v) is 13.0. The Bertz CT molecular complexity index is 913. The number of hydrogen-bond acceptors (Lipinski definition) is 5. The molecule has 132 valence electrons. The Balaban J connectivity index is 2.72. The summed E-state index contributed by atoms with van der Waals surface area (Å²) in [7, 11) is 0. The molecular formula is C15H15N3O7. The van der Waals surface area contributed by atoms with E-state index in [4.69, 9.17) is 10.2 Å². The molecule has 1 aromatic carbocycles. The van der Waals surface area contributed by atoms with Gasteiger partial charge in [-0.25, -0.2) is 28.1 Å². The molecule has 10 heteroatoms. The van der Waals surface area contributed by atoms with Gasteiger partial charge < -0.3 is 10.2 Å². The molecule has 0 spiro atoms. The summed E-state index contributed by atoms with van der Waals surface area (Å²) in [6.45, 7) is -0.875. The van der Waals surface area contributed by atoms with Gasteiger partial charge in [-0.05, 0) is 12.1 Å². The Labute approximate surface area is 139 Å². The first-order valence-electron chi connectivity index (χ1n) is 7.28. The molecule has 25 heavy (non-hydrogen) atoms. The lowest BCUT2D eigenvalue weighted by Gasteiger charge is -2.13. The van der Waals surface area contributed by atoms with Crippen LogP contribution in [-0.2, 0) is 22.7 Å². The van der Waals surface area contributed by atoms with Crippen molar-refractivity contribution in [1.82, 2.24) is 13.7 Å². The number of carbonyl (C=O) groups is 2. The molecule has 0 radical (unpaired) electrons. The molecule has 0 saturated carbocycles. The number of hydrogen-bond donors (Lipinski definition) is 2. The van der Waals surface area contributed by atoms with Crippen molar-refractivity contribution in [2.75, 3.05) is 0 Å². The third kappa shape index (κ3) is 3.91. The summed E-state index contributed by atoms with van der Waals surface area (Å²) >= 11 is 0. The van der Waals surface area contributed by atoms with Gasteiger partial charge in [0, 0.05) is 13.1 Å². The van der Waals surface area contributed by atoms with Crippen LogP contribution in [0.2, 0.25) is 0 Å². The van der Waals surface area contributed by atoms with Gasteiger partial charge in [-0.3, -0.25) is 9.59 Å². The molecule has 0 amide bonds. The molecular weight excluding hydrogens is 334 g/mol. The van der Waals surface area contributed by atoms with Gasteiger partial charge in [0.15, 0.2) is 0 Å². The number of rotatable bonds is 7. The van der Waals surface area contributed by atoms with E-state index >= 15 is 0 Å². The molecule has 0 aliphatic carbocycles. The van der Waals surface area contributed by atoms with E-state index in [1.807, 2.05) is 0 Å². The highest BCUT2D eigenvalue weighted by molar-refractivity contribution is 5.66. The zero-order valence-electron chi connectivity index (χ0n) is 13.0. The van der Waals surface area contributed by atoms with Crippen molar-refractivity contribution in [2.24, 2.45) is 0 Å². The van der Waals surface area contributed by atoms with Gasteiger partial charge in [0.25, 0.3) is 0 Å². The lowest BCUT2D eigenvalue weighted by atomic mass is 10.3. The second-order valence-electron chi connectivity index (χ2n) is 5.11. The van der Waals surface area contributed by atoms with Gasteiger partial charge in [-0.15, -0.1) is 0 Å². The predicted octanol–water partition coefficient (Wildman–Crippen LogP) is -0.890. The second-order valence-corrected chi connectivity index (χ2v) is 5.11. The van der Waals surface area contributed by atoms with Crippen LogP contribution in [0.25, 0.3) is 5.69 Å². The van der Waals surface area contributed by atoms with Crippen LogP contribution in [-0.4, -0.2) is 35.9 Å². The SMILES string of the molecule is O=C(O)CCn1c(=O)n(CCC(=O)O)c(=O)n(-c2ccccc2)c1=O. The topological polar surface area (TPSA) is 141 Å². The summed E-state index contributed by atoms with van der Waals surface area (Å²) in [5.74, 6) is -2.44. The summed E-state index contributed by atoms with van der Waals surface area (Å²) in [6.07, 6.45) is -0.998. The van der Waals surface area contributed by atoms with Crippen LogP contribution < -0.4 is 17.1 Å². The fourth-order valence-corrected chi connectivity index (χ4v) is 2.23. The maximum Gasteiger partial charge on any atom is 0.340 e. The first kappa shape index (κ1) is 17.9. The lowest BCUT2D eigenvalue weighted by Crippen LogP contribution is -2.54. The van der Waals surface area contributed by atoms with Crippen molar-refractivity contribution in [2.45, 2.75) is 25.9 Å². The average molecular weight is 349 g/mol. The Morgan fingerprint density at radius 1 is 0.760 bits per heavy atom. The highest BCUT2D eigenvalue weighted by Gasteiger charge is 2.17. The van der Waals surface area contributed by atoms with Crippen LogP contribution in [0, 0.1) is 0 Å². The van der Waals surface area contributed by atoms with Gasteiger partial charge in [-0.2, -0.15) is 0 Å². The summed E-state index contributed by atoms with van der Waals surface area (Å²) in [5.41, 5.74) is -2.81. The molecule has 2 aromatic rings. The molecule has 0 saturated heterocycles. The number of nitrogens with zero attached hydrogens (tertiary/aromatic N) is 3. The summed E-state index contributed by atoms with van der Waals surface area (Å²) < 4.78 is 1.94. The number of aliphatic carboxylic acids is 2. The molecule has 2 rings (SSSR count). The summed E-state index contributed by atoms with van der Waals surface area (Å²) in [5, 5.41) is 17.5. The number of para-hydroxylation sites is 1. The lowest BCUT2D eigenvalue weighted by molar-refractivity contribution is -0.138. The first-order chi connectivity index (χ1) is 11.8. The van der Waals surface area contributed by atoms with E-state index in [-0.39, 0.29) is 5.69 Å². The maximum atomic E-state index is 12.5. The Hall–Kier alpha value is -3.43. The van der Waals surface area contributed by atoms with Gasteiger partial charge in [0.2, 0.25) is 0 Å². The van der Waals surface area contributed by atoms with Gasteiger partial charge in [-0.1, -0.05) is 18.2 Å². The summed E-state index contributed by atoms with van der Waals surface area (Å²) in [4.78, 5) is 58.9. The Morgan fingerprint density at radius 2 is 1.20 bits per heavy atom. The molecule has 2 N–H and O–H groups in total. The van der Waals surface area contributed by atoms with E-state index in [2.05, 4.69) is 0 Å². The average Bonchev–Trinajstić information content (AvgIpc) is 2.55. The maximum absolute atomic E-state index is 12.5. The number of carboxylic acid groups (broad SMARTS) is 2. The van der Waals surface area contributed by atoms with E-state index in [0.29, 0.717) is 13.7 Å². The van der Waals surface area contributed by atoms with Crippen LogP contribution in [0.4, 0.5) is 0 Å². The molecule has 0 unspecified atom stereocenters. The zero-order chi connectivity index (χ0) is 18.6. The van der Waals surface area contributed by atoms with Crippen LogP contribution in [0.5, 0.6) is 0 Å². The van der Waals surface area contributed by atoms with E-state index in [9.17, 15) is 24.0 Å². The Morgan fingerprint density at radius 3 is 1.60 bits per heavy atom. The van der Waals surface area contributed by atoms with Gasteiger partial charge >= 0.3 is 29.0 Å². The van der Waals surface area contributed by atoms with Crippen molar-refractivity contribution >= 4 is 11.9 Å². The fraction of sp³-hybridized carbons (Fsp3) is 0.267.